The molecule has 0 saturated heterocycles. The first-order chi connectivity index (χ1) is 11.1. The molecule has 0 aliphatic carbocycles. The van der Waals surface area contributed by atoms with Crippen LogP contribution in [0.25, 0.3) is 0 Å². The molecule has 0 aliphatic heterocycles. The number of anilines is 1. The van der Waals surface area contributed by atoms with E-state index in [0.717, 1.165) is 28.1 Å². The molecular weight excluding hydrogens is 380 g/mol. The van der Waals surface area contributed by atoms with Crippen LogP contribution in [0.15, 0.2) is 28.9 Å². The molecule has 6 nitrogen and oxygen atoms in total. The fraction of sp³-hybridized carbons (Fsp3) is 0.333. The Kier molecular flexibility index (Phi) is 6.23. The summed E-state index contributed by atoms with van der Waals surface area (Å²) in [6, 6.07) is 5.49. The summed E-state index contributed by atoms with van der Waals surface area (Å²) >= 11 is 8.82. The van der Waals surface area contributed by atoms with Crippen molar-refractivity contribution in [3.8, 4) is 11.5 Å². The van der Waals surface area contributed by atoms with E-state index >= 15 is 0 Å². The molecule has 0 bridgehead atoms. The fourth-order valence-electron chi connectivity index (χ4n) is 1.95. The van der Waals surface area contributed by atoms with Gasteiger partial charge in [-0.3, -0.25) is 4.68 Å². The zero-order valence-electron chi connectivity index (χ0n) is 13.2. The Morgan fingerprint density at radius 3 is 2.74 bits per heavy atom. The van der Waals surface area contributed by atoms with E-state index in [9.17, 15) is 0 Å². The van der Waals surface area contributed by atoms with E-state index in [-0.39, 0.29) is 0 Å². The maximum absolute atomic E-state index is 5.34. The summed E-state index contributed by atoms with van der Waals surface area (Å²) in [5.74, 6) is 1.38. The van der Waals surface area contributed by atoms with Gasteiger partial charge in [-0.2, -0.15) is 5.10 Å². The Bertz CT molecular complexity index is 690. The van der Waals surface area contributed by atoms with Crippen LogP contribution in [0.1, 0.15) is 12.6 Å². The van der Waals surface area contributed by atoms with E-state index in [1.165, 1.54) is 0 Å². The van der Waals surface area contributed by atoms with Crippen molar-refractivity contribution in [2.75, 3.05) is 19.5 Å². The highest BCUT2D eigenvalue weighted by Crippen LogP contribution is 2.28. The van der Waals surface area contributed by atoms with Gasteiger partial charge < -0.3 is 20.1 Å². The number of nitrogens with one attached hydrogen (secondary N) is 2. The van der Waals surface area contributed by atoms with Gasteiger partial charge in [0.25, 0.3) is 0 Å². The van der Waals surface area contributed by atoms with Crippen molar-refractivity contribution in [2.45, 2.75) is 20.0 Å². The molecule has 2 N–H and O–H groups in total. The molecule has 0 aliphatic rings. The van der Waals surface area contributed by atoms with Gasteiger partial charge in [-0.1, -0.05) is 0 Å². The van der Waals surface area contributed by atoms with Crippen LogP contribution >= 0.6 is 28.1 Å². The molecule has 0 unspecified atom stereocenters. The zero-order valence-corrected chi connectivity index (χ0v) is 15.6. The zero-order chi connectivity index (χ0) is 16.8. The molecule has 0 fully saturated rings. The molecule has 1 aromatic carbocycles. The van der Waals surface area contributed by atoms with Crippen LogP contribution < -0.4 is 20.1 Å². The third kappa shape index (κ3) is 4.59. The minimum atomic E-state index is 0.492. The van der Waals surface area contributed by atoms with Crippen molar-refractivity contribution in [2.24, 2.45) is 0 Å². The molecule has 0 atom stereocenters. The number of hydrogen-bond acceptors (Lipinski definition) is 4. The summed E-state index contributed by atoms with van der Waals surface area (Å²) in [4.78, 5) is 0. The lowest BCUT2D eigenvalue weighted by molar-refractivity contribution is 0.395. The normalized spacial score (nSPS) is 10.3. The van der Waals surface area contributed by atoms with E-state index in [0.29, 0.717) is 17.4 Å². The molecule has 1 heterocycles. The standard InChI is InChI=1S/C15H19BrN4O2S/c1-4-20-9-11(16)13(19-20)8-17-15(23)18-12-6-5-10(21-2)7-14(12)22-3/h5-7,9H,4,8H2,1-3H3,(H2,17,18,23). The number of benzene rings is 1. The summed E-state index contributed by atoms with van der Waals surface area (Å²) in [5, 5.41) is 11.2. The van der Waals surface area contributed by atoms with Gasteiger partial charge in [0, 0.05) is 18.8 Å². The van der Waals surface area contributed by atoms with E-state index in [1.54, 1.807) is 20.3 Å². The Balaban J connectivity index is 1.98. The van der Waals surface area contributed by atoms with E-state index in [4.69, 9.17) is 21.7 Å². The predicted octanol–water partition coefficient (Wildman–Crippen LogP) is 3.17. The third-order valence-electron chi connectivity index (χ3n) is 3.18. The van der Waals surface area contributed by atoms with Crippen LogP contribution in [0, 0.1) is 0 Å². The van der Waals surface area contributed by atoms with E-state index < -0.39 is 0 Å². The van der Waals surface area contributed by atoms with Crippen LogP contribution in [0.3, 0.4) is 0 Å². The summed E-state index contributed by atoms with van der Waals surface area (Å²) in [6.07, 6.45) is 1.94. The number of nitrogens with zero attached hydrogens (tertiary/aromatic N) is 2. The maximum Gasteiger partial charge on any atom is 0.171 e. The highest BCUT2D eigenvalue weighted by molar-refractivity contribution is 9.10. The molecule has 0 radical (unpaired) electrons. The van der Waals surface area contributed by atoms with Crippen molar-refractivity contribution >= 4 is 38.9 Å². The second kappa shape index (κ2) is 8.16. The number of methoxy groups -OCH3 is 2. The van der Waals surface area contributed by atoms with Gasteiger partial charge >= 0.3 is 0 Å². The first-order valence-electron chi connectivity index (χ1n) is 7.06. The maximum atomic E-state index is 5.34. The Hall–Kier alpha value is -1.80. The van der Waals surface area contributed by atoms with Crippen molar-refractivity contribution in [3.05, 3.63) is 34.6 Å². The Labute approximate surface area is 149 Å². The first-order valence-corrected chi connectivity index (χ1v) is 8.26. The second-order valence-electron chi connectivity index (χ2n) is 4.65. The monoisotopic (exact) mass is 398 g/mol. The molecular formula is C15H19BrN4O2S. The molecule has 0 amide bonds. The van der Waals surface area contributed by atoms with Crippen molar-refractivity contribution in [3.63, 3.8) is 0 Å². The van der Waals surface area contributed by atoms with Crippen LogP contribution in [0.5, 0.6) is 11.5 Å². The number of rotatable bonds is 6. The second-order valence-corrected chi connectivity index (χ2v) is 5.92. The summed E-state index contributed by atoms with van der Waals surface area (Å²) in [7, 11) is 3.21. The number of ether oxygens (including phenoxy) is 2. The highest BCUT2D eigenvalue weighted by atomic mass is 79.9. The average Bonchev–Trinajstić information content (AvgIpc) is 2.93. The lowest BCUT2D eigenvalue weighted by Crippen LogP contribution is -2.28. The number of aromatic nitrogens is 2. The minimum absolute atomic E-state index is 0.492. The fourth-order valence-corrected chi connectivity index (χ4v) is 2.59. The van der Waals surface area contributed by atoms with Crippen molar-refractivity contribution in [1.29, 1.82) is 0 Å². The lowest BCUT2D eigenvalue weighted by atomic mass is 10.2. The number of aryl methyl sites for hydroxylation is 1. The van der Waals surface area contributed by atoms with Crippen molar-refractivity contribution in [1.82, 2.24) is 15.1 Å². The van der Waals surface area contributed by atoms with Gasteiger partial charge in [-0.15, -0.1) is 0 Å². The van der Waals surface area contributed by atoms with Gasteiger partial charge in [0.1, 0.15) is 11.5 Å². The third-order valence-corrected chi connectivity index (χ3v) is 4.09. The summed E-state index contributed by atoms with van der Waals surface area (Å²) < 4.78 is 13.3. The first kappa shape index (κ1) is 17.6. The van der Waals surface area contributed by atoms with E-state index in [2.05, 4.69) is 31.7 Å². The van der Waals surface area contributed by atoms with Gasteiger partial charge in [-0.05, 0) is 47.2 Å². The van der Waals surface area contributed by atoms with Crippen molar-refractivity contribution < 1.29 is 9.47 Å². The summed E-state index contributed by atoms with van der Waals surface area (Å²) in [6.45, 7) is 3.39. The van der Waals surface area contributed by atoms with Crippen LogP contribution in [-0.4, -0.2) is 29.1 Å². The molecule has 8 heteroatoms. The van der Waals surface area contributed by atoms with Gasteiger partial charge in [0.2, 0.25) is 0 Å². The molecule has 124 valence electrons. The molecule has 23 heavy (non-hydrogen) atoms. The van der Waals surface area contributed by atoms with Crippen LogP contribution in [-0.2, 0) is 13.1 Å². The SMILES string of the molecule is CCn1cc(Br)c(CNC(=S)Nc2ccc(OC)cc2OC)n1. The lowest BCUT2D eigenvalue weighted by Gasteiger charge is -2.14. The largest absolute Gasteiger partial charge is 0.497 e. The molecule has 0 saturated carbocycles. The van der Waals surface area contributed by atoms with Gasteiger partial charge in [0.05, 0.1) is 36.6 Å². The van der Waals surface area contributed by atoms with Crippen LogP contribution in [0.2, 0.25) is 0 Å². The quantitative estimate of drug-likeness (QED) is 0.728. The average molecular weight is 399 g/mol. The van der Waals surface area contributed by atoms with E-state index in [1.807, 2.05) is 29.9 Å². The minimum Gasteiger partial charge on any atom is -0.497 e. The smallest absolute Gasteiger partial charge is 0.171 e. The summed E-state index contributed by atoms with van der Waals surface area (Å²) in [5.41, 5.74) is 1.67. The van der Waals surface area contributed by atoms with Gasteiger partial charge in [-0.25, -0.2) is 0 Å². The number of halogens is 1. The molecule has 1 aromatic heterocycles. The Morgan fingerprint density at radius 1 is 1.35 bits per heavy atom. The predicted molar refractivity (Wildman–Crippen MR) is 98.2 cm³/mol. The highest BCUT2D eigenvalue weighted by Gasteiger charge is 2.09. The Morgan fingerprint density at radius 2 is 2.13 bits per heavy atom. The van der Waals surface area contributed by atoms with Crippen LogP contribution in [0.4, 0.5) is 5.69 Å². The van der Waals surface area contributed by atoms with Gasteiger partial charge in [0.15, 0.2) is 5.11 Å². The molecule has 2 aromatic rings. The molecule has 0 spiro atoms. The molecule has 2 rings (SSSR count). The number of thiocarbonyl (C=S) groups is 1. The number of hydrogen-bond donors (Lipinski definition) is 2. The topological polar surface area (TPSA) is 60.3 Å².